The van der Waals surface area contributed by atoms with Gasteiger partial charge >= 0.3 is 6.61 Å². The number of aromatic nitrogens is 2. The Balaban J connectivity index is 2.02. The monoisotopic (exact) mass is 429 g/mol. The number of alkyl halides is 2. The largest absolute Gasteiger partial charge is 0.434 e. The molecule has 2 rings (SSSR count). The second-order valence-corrected chi connectivity index (χ2v) is 6.60. The Bertz CT molecular complexity index is 792. The minimum Gasteiger partial charge on any atom is -0.434 e. The van der Waals surface area contributed by atoms with E-state index >= 15 is 0 Å². The van der Waals surface area contributed by atoms with Crippen LogP contribution < -0.4 is 15.4 Å². The van der Waals surface area contributed by atoms with Crippen molar-refractivity contribution in [3.8, 4) is 5.75 Å². The van der Waals surface area contributed by atoms with Gasteiger partial charge in [-0.1, -0.05) is 15.9 Å². The van der Waals surface area contributed by atoms with Crippen LogP contribution in [0.3, 0.4) is 0 Å². The van der Waals surface area contributed by atoms with Gasteiger partial charge in [-0.2, -0.15) is 13.9 Å². The number of ether oxygens (including phenoxy) is 1. The van der Waals surface area contributed by atoms with Gasteiger partial charge in [0.05, 0.1) is 5.69 Å². The number of nitrogens with one attached hydrogen (secondary N) is 2. The molecule has 0 saturated carbocycles. The molecule has 1 aromatic carbocycles. The maximum atomic E-state index is 12.6. The minimum atomic E-state index is -2.87. The fourth-order valence-electron chi connectivity index (χ4n) is 2.54. The lowest BCUT2D eigenvalue weighted by Gasteiger charge is -2.15. The van der Waals surface area contributed by atoms with Crippen LogP contribution in [0.1, 0.15) is 22.5 Å². The van der Waals surface area contributed by atoms with Gasteiger partial charge in [0, 0.05) is 48.5 Å². The van der Waals surface area contributed by atoms with Crippen molar-refractivity contribution in [3.63, 3.8) is 0 Å². The molecule has 0 fully saturated rings. The van der Waals surface area contributed by atoms with Crippen LogP contribution >= 0.6 is 15.9 Å². The van der Waals surface area contributed by atoms with Gasteiger partial charge in [0.2, 0.25) is 0 Å². The standard InChI is InChI=1S/C17H22BrF2N5O/c1-10-14(11(2)25(4)24-10)9-23-17(21-3)22-8-12-7-13(18)5-6-15(12)26-16(19)20/h5-7,16H,8-9H2,1-4H3,(H2,21,22,23). The van der Waals surface area contributed by atoms with Gasteiger partial charge in [-0.05, 0) is 32.0 Å². The second-order valence-electron chi connectivity index (χ2n) is 5.68. The maximum Gasteiger partial charge on any atom is 0.387 e. The summed E-state index contributed by atoms with van der Waals surface area (Å²) >= 11 is 3.34. The van der Waals surface area contributed by atoms with E-state index in [4.69, 9.17) is 0 Å². The van der Waals surface area contributed by atoms with E-state index < -0.39 is 6.61 Å². The Morgan fingerprint density at radius 1 is 1.31 bits per heavy atom. The molecule has 6 nitrogen and oxygen atoms in total. The molecule has 0 aliphatic rings. The number of aliphatic imine (C=N–C) groups is 1. The number of halogens is 3. The van der Waals surface area contributed by atoms with Crippen LogP contribution in [0.2, 0.25) is 0 Å². The highest BCUT2D eigenvalue weighted by atomic mass is 79.9. The molecule has 2 N–H and O–H groups in total. The predicted molar refractivity (Wildman–Crippen MR) is 100 cm³/mol. The molecule has 1 aromatic heterocycles. The van der Waals surface area contributed by atoms with Crippen molar-refractivity contribution in [2.24, 2.45) is 12.0 Å². The summed E-state index contributed by atoms with van der Waals surface area (Å²) < 4.78 is 32.3. The summed E-state index contributed by atoms with van der Waals surface area (Å²) in [4.78, 5) is 4.16. The fourth-order valence-corrected chi connectivity index (χ4v) is 2.95. The third-order valence-electron chi connectivity index (χ3n) is 4.00. The van der Waals surface area contributed by atoms with Gasteiger partial charge in [0.15, 0.2) is 5.96 Å². The third-order valence-corrected chi connectivity index (χ3v) is 4.49. The van der Waals surface area contributed by atoms with Gasteiger partial charge < -0.3 is 15.4 Å². The number of aryl methyl sites for hydroxylation is 2. The predicted octanol–water partition coefficient (Wildman–Crippen LogP) is 3.27. The quantitative estimate of drug-likeness (QED) is 0.546. The molecule has 0 amide bonds. The summed E-state index contributed by atoms with van der Waals surface area (Å²) in [5.41, 5.74) is 3.72. The molecule has 142 valence electrons. The molecule has 0 aliphatic heterocycles. The van der Waals surface area contributed by atoms with Crippen LogP contribution in [0.15, 0.2) is 27.7 Å². The van der Waals surface area contributed by atoms with E-state index in [-0.39, 0.29) is 12.3 Å². The molecule has 2 aromatic rings. The van der Waals surface area contributed by atoms with E-state index in [1.807, 2.05) is 25.6 Å². The molecule has 0 unspecified atom stereocenters. The molecular formula is C17H22BrF2N5O. The first-order valence-electron chi connectivity index (χ1n) is 7.98. The molecule has 0 atom stereocenters. The number of hydrogen-bond donors (Lipinski definition) is 2. The molecule has 0 radical (unpaired) electrons. The Morgan fingerprint density at radius 3 is 2.58 bits per heavy atom. The maximum absolute atomic E-state index is 12.6. The molecule has 1 heterocycles. The Hall–Kier alpha value is -2.16. The van der Waals surface area contributed by atoms with E-state index in [0.29, 0.717) is 18.1 Å². The van der Waals surface area contributed by atoms with Gasteiger partial charge in [0.1, 0.15) is 5.75 Å². The van der Waals surface area contributed by atoms with Crippen molar-refractivity contribution >= 4 is 21.9 Å². The Morgan fingerprint density at radius 2 is 2.00 bits per heavy atom. The van der Waals surface area contributed by atoms with Crippen LogP contribution in [-0.2, 0) is 20.1 Å². The second kappa shape index (κ2) is 8.98. The van der Waals surface area contributed by atoms with Crippen LogP contribution in [0.5, 0.6) is 5.75 Å². The van der Waals surface area contributed by atoms with Crippen molar-refractivity contribution < 1.29 is 13.5 Å². The summed E-state index contributed by atoms with van der Waals surface area (Å²) in [6, 6.07) is 4.89. The average Bonchev–Trinajstić information content (AvgIpc) is 2.82. The van der Waals surface area contributed by atoms with Gasteiger partial charge in [-0.15, -0.1) is 0 Å². The number of rotatable bonds is 6. The van der Waals surface area contributed by atoms with Gasteiger partial charge in [-0.25, -0.2) is 0 Å². The Kier molecular flexibility index (Phi) is 6.96. The number of guanidine groups is 1. The molecule has 0 aliphatic carbocycles. The van der Waals surface area contributed by atoms with Crippen LogP contribution in [0, 0.1) is 13.8 Å². The highest BCUT2D eigenvalue weighted by molar-refractivity contribution is 9.10. The third kappa shape index (κ3) is 5.17. The van der Waals surface area contributed by atoms with Crippen LogP contribution in [0.25, 0.3) is 0 Å². The lowest BCUT2D eigenvalue weighted by Crippen LogP contribution is -2.36. The smallest absolute Gasteiger partial charge is 0.387 e. The lowest BCUT2D eigenvalue weighted by atomic mass is 10.2. The summed E-state index contributed by atoms with van der Waals surface area (Å²) in [6.07, 6.45) is 0. The number of benzene rings is 1. The number of nitrogens with zero attached hydrogens (tertiary/aromatic N) is 3. The number of hydrogen-bond acceptors (Lipinski definition) is 3. The van der Waals surface area contributed by atoms with Crippen molar-refractivity contribution in [3.05, 3.63) is 45.2 Å². The zero-order chi connectivity index (χ0) is 19.3. The Labute approximate surface area is 159 Å². The van der Waals surface area contributed by atoms with Crippen LogP contribution in [0.4, 0.5) is 8.78 Å². The first-order chi connectivity index (χ1) is 12.3. The topological polar surface area (TPSA) is 63.5 Å². The highest BCUT2D eigenvalue weighted by Crippen LogP contribution is 2.24. The highest BCUT2D eigenvalue weighted by Gasteiger charge is 2.12. The molecule has 0 saturated heterocycles. The molecule has 0 spiro atoms. The van der Waals surface area contributed by atoms with E-state index in [0.717, 1.165) is 21.4 Å². The fraction of sp³-hybridized carbons (Fsp3) is 0.412. The summed E-state index contributed by atoms with van der Waals surface area (Å²) in [5.74, 6) is 0.681. The van der Waals surface area contributed by atoms with E-state index in [9.17, 15) is 8.78 Å². The lowest BCUT2D eigenvalue weighted by molar-refractivity contribution is -0.0504. The zero-order valence-corrected chi connectivity index (χ0v) is 16.7. The van der Waals surface area contributed by atoms with Crippen LogP contribution in [-0.4, -0.2) is 29.4 Å². The summed E-state index contributed by atoms with van der Waals surface area (Å²) in [7, 11) is 3.55. The first-order valence-corrected chi connectivity index (χ1v) is 8.78. The summed E-state index contributed by atoms with van der Waals surface area (Å²) in [6.45, 7) is 1.93. The van der Waals surface area contributed by atoms with Crippen molar-refractivity contribution in [1.29, 1.82) is 0 Å². The molecular weight excluding hydrogens is 408 g/mol. The van der Waals surface area contributed by atoms with Crippen molar-refractivity contribution in [2.75, 3.05) is 7.05 Å². The molecule has 0 bridgehead atoms. The molecule has 26 heavy (non-hydrogen) atoms. The SMILES string of the molecule is CN=C(NCc1cc(Br)ccc1OC(F)F)NCc1c(C)nn(C)c1C. The first kappa shape index (κ1) is 20.2. The van der Waals surface area contributed by atoms with Gasteiger partial charge in [0.25, 0.3) is 0 Å². The zero-order valence-electron chi connectivity index (χ0n) is 15.1. The normalized spacial score (nSPS) is 11.8. The summed E-state index contributed by atoms with van der Waals surface area (Å²) in [5, 5.41) is 10.7. The minimum absolute atomic E-state index is 0.130. The van der Waals surface area contributed by atoms with E-state index in [1.165, 1.54) is 6.07 Å². The van der Waals surface area contributed by atoms with Gasteiger partial charge in [-0.3, -0.25) is 9.67 Å². The van der Waals surface area contributed by atoms with Crippen molar-refractivity contribution in [2.45, 2.75) is 33.5 Å². The van der Waals surface area contributed by atoms with Crippen molar-refractivity contribution in [1.82, 2.24) is 20.4 Å². The van der Waals surface area contributed by atoms with E-state index in [1.54, 1.807) is 19.2 Å². The molecule has 9 heteroatoms. The van der Waals surface area contributed by atoms with E-state index in [2.05, 4.69) is 41.4 Å². The average molecular weight is 430 g/mol.